The molecule has 5 aliphatic rings. The monoisotopic (exact) mass is 519 g/mol. The number of hydrogen-bond acceptors (Lipinski definition) is 6. The largest absolute Gasteiger partial charge is 0.493 e. The number of amides is 1. The minimum Gasteiger partial charge on any atom is -0.493 e. The Morgan fingerprint density at radius 3 is 2.82 bits per heavy atom. The Hall–Kier alpha value is -4.10. The zero-order valence-corrected chi connectivity index (χ0v) is 22.3. The molecule has 1 saturated heterocycles. The van der Waals surface area contributed by atoms with Crippen LogP contribution in [0.15, 0.2) is 83.8 Å². The number of carbonyl (C=O) groups excluding carboxylic acids is 1. The molecule has 1 amide bonds. The van der Waals surface area contributed by atoms with Gasteiger partial charge in [0.05, 0.1) is 24.0 Å². The van der Waals surface area contributed by atoms with Gasteiger partial charge in [-0.1, -0.05) is 24.3 Å². The number of fused-ring (bicyclic) bond motifs is 3. The van der Waals surface area contributed by atoms with Crippen molar-refractivity contribution in [2.45, 2.75) is 18.9 Å². The molecule has 7 heteroatoms. The number of likely N-dealkylation sites (N-methyl/N-ethyl adjacent to an activating group) is 1. The summed E-state index contributed by atoms with van der Waals surface area (Å²) in [5, 5.41) is 3.71. The highest BCUT2D eigenvalue weighted by Gasteiger charge is 2.36. The van der Waals surface area contributed by atoms with Gasteiger partial charge in [0, 0.05) is 57.0 Å². The van der Waals surface area contributed by atoms with Crippen molar-refractivity contribution in [3.05, 3.63) is 100 Å². The van der Waals surface area contributed by atoms with Crippen LogP contribution in [0.4, 0.5) is 5.82 Å². The fourth-order valence-corrected chi connectivity index (χ4v) is 6.12. The molecule has 4 aliphatic heterocycles. The molecule has 1 aromatic carbocycles. The van der Waals surface area contributed by atoms with E-state index in [0.29, 0.717) is 13.2 Å². The third kappa shape index (κ3) is 4.46. The molecular weight excluding hydrogens is 486 g/mol. The second kappa shape index (κ2) is 9.89. The quantitative estimate of drug-likeness (QED) is 0.621. The van der Waals surface area contributed by atoms with E-state index in [-0.39, 0.29) is 11.9 Å². The topological polar surface area (TPSA) is 60.9 Å². The molecule has 7 rings (SSSR count). The Balaban J connectivity index is 1.17. The van der Waals surface area contributed by atoms with Crippen molar-refractivity contribution in [1.82, 2.24) is 20.1 Å². The van der Waals surface area contributed by atoms with E-state index < -0.39 is 0 Å². The number of aromatic nitrogens is 1. The summed E-state index contributed by atoms with van der Waals surface area (Å²) in [4.78, 5) is 25.0. The van der Waals surface area contributed by atoms with Crippen LogP contribution in [0, 0.1) is 0 Å². The second-order valence-corrected chi connectivity index (χ2v) is 10.8. The summed E-state index contributed by atoms with van der Waals surface area (Å²) in [5.41, 5.74) is 7.80. The van der Waals surface area contributed by atoms with Crippen LogP contribution < -0.4 is 15.0 Å². The van der Waals surface area contributed by atoms with E-state index >= 15 is 0 Å². The number of pyridine rings is 1. The van der Waals surface area contributed by atoms with Crippen molar-refractivity contribution in [1.29, 1.82) is 0 Å². The molecule has 1 aromatic heterocycles. The van der Waals surface area contributed by atoms with E-state index in [0.717, 1.165) is 73.1 Å². The molecule has 5 heterocycles. The van der Waals surface area contributed by atoms with Gasteiger partial charge >= 0.3 is 0 Å². The van der Waals surface area contributed by atoms with Gasteiger partial charge in [-0.3, -0.25) is 4.79 Å². The first kappa shape index (κ1) is 24.0. The van der Waals surface area contributed by atoms with Gasteiger partial charge in [-0.2, -0.15) is 0 Å². The molecule has 1 aliphatic carbocycles. The van der Waals surface area contributed by atoms with E-state index in [9.17, 15) is 4.79 Å². The molecule has 0 spiro atoms. The predicted molar refractivity (Wildman–Crippen MR) is 154 cm³/mol. The van der Waals surface area contributed by atoms with Crippen LogP contribution in [0.2, 0.25) is 0 Å². The minimum atomic E-state index is -0.0239. The van der Waals surface area contributed by atoms with Crippen molar-refractivity contribution >= 4 is 23.5 Å². The third-order valence-electron chi connectivity index (χ3n) is 8.31. The van der Waals surface area contributed by atoms with Crippen molar-refractivity contribution in [3.63, 3.8) is 0 Å². The number of benzene rings is 1. The summed E-state index contributed by atoms with van der Waals surface area (Å²) in [5.74, 6) is 1.92. The van der Waals surface area contributed by atoms with E-state index in [1.165, 1.54) is 16.7 Å². The van der Waals surface area contributed by atoms with Crippen molar-refractivity contribution in [2.24, 2.45) is 0 Å². The molecule has 0 unspecified atom stereocenters. The number of allylic oxidation sites excluding steroid dienone is 3. The Bertz CT molecular complexity index is 1460. The predicted octanol–water partition coefficient (Wildman–Crippen LogP) is 3.78. The summed E-state index contributed by atoms with van der Waals surface area (Å²) in [6.45, 7) is 5.41. The van der Waals surface area contributed by atoms with Crippen molar-refractivity contribution in [3.8, 4) is 5.75 Å². The van der Waals surface area contributed by atoms with E-state index in [2.05, 4.69) is 69.7 Å². The first-order valence-electron chi connectivity index (χ1n) is 13.9. The molecule has 39 heavy (non-hydrogen) atoms. The zero-order chi connectivity index (χ0) is 26.3. The number of carbonyl (C=O) groups is 1. The standard InChI is InChI=1S/C32H33N5O2/c1-35-15-17-36(18-16-35)29-10-6-22(21-33-29)7-11-30(38)37-14-12-26-25-4-2-3-5-27(25)34-31(26)32(37)24-8-9-28-23(20-24)13-19-39-28/h2-11,20-21,27,34H,12-19H2,1H3/b11-7+/t27-/m1/s1. The Labute approximate surface area is 229 Å². The lowest BCUT2D eigenvalue weighted by Crippen LogP contribution is -2.44. The van der Waals surface area contributed by atoms with E-state index in [4.69, 9.17) is 4.74 Å². The van der Waals surface area contributed by atoms with E-state index in [1.54, 1.807) is 6.08 Å². The highest BCUT2D eigenvalue weighted by molar-refractivity contribution is 5.99. The highest BCUT2D eigenvalue weighted by atomic mass is 16.5. The van der Waals surface area contributed by atoms with Crippen LogP contribution in [-0.2, 0) is 11.2 Å². The normalized spacial score (nSPS) is 22.2. The highest BCUT2D eigenvalue weighted by Crippen LogP contribution is 2.41. The van der Waals surface area contributed by atoms with Gasteiger partial charge in [-0.15, -0.1) is 0 Å². The van der Waals surface area contributed by atoms with Crippen LogP contribution in [0.1, 0.15) is 23.1 Å². The average molecular weight is 520 g/mol. The van der Waals surface area contributed by atoms with Crippen molar-refractivity contribution < 1.29 is 9.53 Å². The molecule has 198 valence electrons. The summed E-state index contributed by atoms with van der Waals surface area (Å²) in [7, 11) is 2.15. The lowest BCUT2D eigenvalue weighted by atomic mass is 9.93. The van der Waals surface area contributed by atoms with Gasteiger partial charge in [-0.25, -0.2) is 4.98 Å². The number of piperazine rings is 1. The molecule has 0 saturated carbocycles. The van der Waals surface area contributed by atoms with Gasteiger partial charge in [0.15, 0.2) is 0 Å². The van der Waals surface area contributed by atoms with Gasteiger partial charge in [-0.05, 0) is 72.1 Å². The zero-order valence-electron chi connectivity index (χ0n) is 22.3. The lowest BCUT2D eigenvalue weighted by Gasteiger charge is -2.33. The number of anilines is 1. The number of hydrogen-bond donors (Lipinski definition) is 1. The van der Waals surface area contributed by atoms with Gasteiger partial charge in [0.2, 0.25) is 0 Å². The maximum atomic E-state index is 13.7. The molecule has 1 atom stereocenters. The summed E-state index contributed by atoms with van der Waals surface area (Å²) >= 11 is 0. The van der Waals surface area contributed by atoms with Gasteiger partial charge < -0.3 is 24.8 Å². The second-order valence-electron chi connectivity index (χ2n) is 10.8. The number of rotatable bonds is 4. The molecular formula is C32H33N5O2. The van der Waals surface area contributed by atoms with Gasteiger partial charge in [0.25, 0.3) is 5.91 Å². The average Bonchev–Trinajstić information content (AvgIpc) is 3.60. The third-order valence-corrected chi connectivity index (χ3v) is 8.31. The number of nitrogens with one attached hydrogen (secondary N) is 1. The fraction of sp³-hybridized carbons (Fsp3) is 0.312. The summed E-state index contributed by atoms with van der Waals surface area (Å²) < 4.78 is 5.76. The smallest absolute Gasteiger partial charge is 0.251 e. The van der Waals surface area contributed by atoms with Crippen LogP contribution in [0.3, 0.4) is 0 Å². The summed E-state index contributed by atoms with van der Waals surface area (Å²) in [6.07, 6.45) is 15.7. The molecule has 0 bridgehead atoms. The minimum absolute atomic E-state index is 0.0239. The molecule has 0 radical (unpaired) electrons. The number of nitrogens with zero attached hydrogens (tertiary/aromatic N) is 4. The summed E-state index contributed by atoms with van der Waals surface area (Å²) in [6, 6.07) is 10.6. The SMILES string of the molecule is CN1CCN(c2ccc(/C=C/C(=O)N3CCC4=C5C=CC=C[C@H]5NC4=C3c3ccc4c(c3)CCO4)cn2)CC1. The molecule has 1 fully saturated rings. The van der Waals surface area contributed by atoms with Crippen LogP contribution >= 0.6 is 0 Å². The first-order chi connectivity index (χ1) is 19.1. The van der Waals surface area contributed by atoms with Crippen molar-refractivity contribution in [2.75, 3.05) is 51.3 Å². The lowest BCUT2D eigenvalue weighted by molar-refractivity contribution is -0.123. The van der Waals surface area contributed by atoms with Crippen LogP contribution in [0.5, 0.6) is 5.75 Å². The molecule has 1 N–H and O–H groups in total. The van der Waals surface area contributed by atoms with E-state index in [1.807, 2.05) is 29.3 Å². The maximum Gasteiger partial charge on any atom is 0.251 e. The van der Waals surface area contributed by atoms with Crippen LogP contribution in [-0.4, -0.2) is 73.1 Å². The Morgan fingerprint density at radius 2 is 1.97 bits per heavy atom. The van der Waals surface area contributed by atoms with Gasteiger partial charge in [0.1, 0.15) is 11.6 Å². The maximum absolute atomic E-state index is 13.7. The van der Waals surface area contributed by atoms with Crippen LogP contribution in [0.25, 0.3) is 11.8 Å². The fourth-order valence-electron chi connectivity index (χ4n) is 6.12. The molecule has 2 aromatic rings. The number of ether oxygens (including phenoxy) is 1. The first-order valence-corrected chi connectivity index (χ1v) is 13.9. The Morgan fingerprint density at radius 1 is 1.08 bits per heavy atom. The molecule has 7 nitrogen and oxygen atoms in total. The Kier molecular flexibility index (Phi) is 6.08.